The van der Waals surface area contributed by atoms with Crippen molar-refractivity contribution in [1.29, 1.82) is 0 Å². The molecule has 1 heterocycles. The molecule has 2 rings (SSSR count). The maximum atomic E-state index is 6.07. The summed E-state index contributed by atoms with van der Waals surface area (Å²) in [5.41, 5.74) is 7.19. The highest BCUT2D eigenvalue weighted by Gasteiger charge is 2.19. The van der Waals surface area contributed by atoms with Gasteiger partial charge in [-0.15, -0.1) is 0 Å². The molecule has 0 spiro atoms. The monoisotopic (exact) mass is 309 g/mol. The second kappa shape index (κ2) is 5.54. The average Bonchev–Trinajstić information content (AvgIpc) is 2.76. The molecule has 4 nitrogen and oxygen atoms in total. The fourth-order valence-electron chi connectivity index (χ4n) is 1.97. The number of hydrogen-bond acceptors (Lipinski definition) is 3. The molecule has 0 bridgehead atoms. The van der Waals surface area contributed by atoms with Gasteiger partial charge in [0.15, 0.2) is 0 Å². The highest BCUT2D eigenvalue weighted by molar-refractivity contribution is 9.10. The van der Waals surface area contributed by atoms with Crippen molar-refractivity contribution in [2.24, 2.45) is 5.73 Å². The van der Waals surface area contributed by atoms with Gasteiger partial charge in [0.1, 0.15) is 5.75 Å². The van der Waals surface area contributed by atoms with E-state index in [4.69, 9.17) is 10.5 Å². The minimum Gasteiger partial charge on any atom is -0.497 e. The van der Waals surface area contributed by atoms with Gasteiger partial charge in [-0.05, 0) is 40.5 Å². The van der Waals surface area contributed by atoms with E-state index in [1.54, 1.807) is 13.3 Å². The molecule has 0 saturated heterocycles. The van der Waals surface area contributed by atoms with Crippen molar-refractivity contribution in [2.75, 3.05) is 7.11 Å². The zero-order valence-corrected chi connectivity index (χ0v) is 12.0. The molecular formula is C13H16BrN3O. The van der Waals surface area contributed by atoms with E-state index >= 15 is 0 Å². The van der Waals surface area contributed by atoms with Gasteiger partial charge in [-0.3, -0.25) is 4.68 Å². The van der Waals surface area contributed by atoms with Crippen LogP contribution in [0.4, 0.5) is 0 Å². The van der Waals surface area contributed by atoms with E-state index in [2.05, 4.69) is 21.0 Å². The molecule has 2 aromatic rings. The van der Waals surface area contributed by atoms with E-state index in [1.165, 1.54) is 0 Å². The third-order valence-electron chi connectivity index (χ3n) is 2.81. The van der Waals surface area contributed by atoms with Crippen molar-refractivity contribution < 1.29 is 4.74 Å². The topological polar surface area (TPSA) is 53.1 Å². The number of benzene rings is 1. The van der Waals surface area contributed by atoms with Gasteiger partial charge in [-0.25, -0.2) is 0 Å². The van der Waals surface area contributed by atoms with Crippen LogP contribution in [-0.2, 0) is 0 Å². The first-order valence-electron chi connectivity index (χ1n) is 5.71. The zero-order valence-electron chi connectivity index (χ0n) is 10.4. The van der Waals surface area contributed by atoms with Crippen molar-refractivity contribution in [1.82, 2.24) is 9.78 Å². The number of aromatic nitrogens is 2. The molecule has 1 aromatic carbocycles. The molecule has 0 fully saturated rings. The van der Waals surface area contributed by atoms with E-state index in [9.17, 15) is 0 Å². The molecule has 2 atom stereocenters. The third-order valence-corrected chi connectivity index (χ3v) is 3.22. The molecule has 2 N–H and O–H groups in total. The lowest BCUT2D eigenvalue weighted by Crippen LogP contribution is -2.30. The highest BCUT2D eigenvalue weighted by atomic mass is 79.9. The fraction of sp³-hybridized carbons (Fsp3) is 0.308. The lowest BCUT2D eigenvalue weighted by atomic mass is 10.0. The first-order chi connectivity index (χ1) is 8.61. The molecule has 0 aliphatic carbocycles. The first-order valence-corrected chi connectivity index (χ1v) is 6.50. The highest BCUT2D eigenvalue weighted by Crippen LogP contribution is 2.24. The number of halogens is 1. The van der Waals surface area contributed by atoms with E-state index < -0.39 is 0 Å². The third kappa shape index (κ3) is 2.73. The summed E-state index contributed by atoms with van der Waals surface area (Å²) in [6, 6.07) is 7.88. The summed E-state index contributed by atoms with van der Waals surface area (Å²) in [7, 11) is 1.66. The van der Waals surface area contributed by atoms with Crippen LogP contribution >= 0.6 is 15.9 Å². The Hall–Kier alpha value is -1.33. The smallest absolute Gasteiger partial charge is 0.118 e. The molecule has 5 heteroatoms. The van der Waals surface area contributed by atoms with Crippen LogP contribution in [0.3, 0.4) is 0 Å². The van der Waals surface area contributed by atoms with Crippen LogP contribution in [-0.4, -0.2) is 22.9 Å². The lowest BCUT2D eigenvalue weighted by molar-refractivity contribution is 0.413. The summed E-state index contributed by atoms with van der Waals surface area (Å²) < 4.78 is 7.98. The van der Waals surface area contributed by atoms with Crippen LogP contribution in [0.25, 0.3) is 0 Å². The standard InChI is InChI=1S/C13H16BrN3O/c1-9(15)13(17-8-11(14)7-16-17)10-3-5-12(18-2)6-4-10/h3-9,13H,15H2,1-2H3. The normalized spacial score (nSPS) is 14.2. The van der Waals surface area contributed by atoms with Gasteiger partial charge in [0.05, 0.1) is 23.8 Å². The maximum absolute atomic E-state index is 6.07. The Kier molecular flexibility index (Phi) is 4.04. The molecule has 0 radical (unpaired) electrons. The second-order valence-corrected chi connectivity index (χ2v) is 5.13. The Labute approximate surface area is 115 Å². The first kappa shape index (κ1) is 13.1. The van der Waals surface area contributed by atoms with Crippen LogP contribution < -0.4 is 10.5 Å². The summed E-state index contributed by atoms with van der Waals surface area (Å²) >= 11 is 3.40. The van der Waals surface area contributed by atoms with Gasteiger partial charge in [0, 0.05) is 12.2 Å². The van der Waals surface area contributed by atoms with E-state index in [-0.39, 0.29) is 12.1 Å². The number of methoxy groups -OCH3 is 1. The van der Waals surface area contributed by atoms with Crippen LogP contribution in [0.1, 0.15) is 18.5 Å². The number of ether oxygens (including phenoxy) is 1. The Balaban J connectivity index is 2.35. The van der Waals surface area contributed by atoms with Crippen molar-refractivity contribution >= 4 is 15.9 Å². The van der Waals surface area contributed by atoms with E-state index in [0.717, 1.165) is 15.8 Å². The Bertz CT molecular complexity index is 507. The van der Waals surface area contributed by atoms with Gasteiger partial charge < -0.3 is 10.5 Å². The number of hydrogen-bond donors (Lipinski definition) is 1. The lowest BCUT2D eigenvalue weighted by Gasteiger charge is -2.22. The Morgan fingerprint density at radius 2 is 2.00 bits per heavy atom. The minimum atomic E-state index is -0.0369. The van der Waals surface area contributed by atoms with Crippen molar-refractivity contribution in [3.63, 3.8) is 0 Å². The second-order valence-electron chi connectivity index (χ2n) is 4.22. The predicted octanol–water partition coefficient (Wildman–Crippen LogP) is 2.59. The molecule has 0 amide bonds. The van der Waals surface area contributed by atoms with Crippen molar-refractivity contribution in [2.45, 2.75) is 19.0 Å². The molecule has 96 valence electrons. The van der Waals surface area contributed by atoms with Crippen molar-refractivity contribution in [3.05, 3.63) is 46.7 Å². The Morgan fingerprint density at radius 1 is 1.33 bits per heavy atom. The van der Waals surface area contributed by atoms with Crippen LogP contribution in [0.5, 0.6) is 5.75 Å². The molecule has 2 unspecified atom stereocenters. The predicted molar refractivity (Wildman–Crippen MR) is 74.7 cm³/mol. The molecular weight excluding hydrogens is 294 g/mol. The zero-order chi connectivity index (χ0) is 13.1. The van der Waals surface area contributed by atoms with Crippen molar-refractivity contribution in [3.8, 4) is 5.75 Å². The summed E-state index contributed by atoms with van der Waals surface area (Å²) in [5.74, 6) is 0.837. The van der Waals surface area contributed by atoms with Gasteiger partial charge >= 0.3 is 0 Å². The summed E-state index contributed by atoms with van der Waals surface area (Å²) in [6.07, 6.45) is 3.69. The van der Waals surface area contributed by atoms with E-state index in [1.807, 2.05) is 42.1 Å². The molecule has 0 saturated carbocycles. The Morgan fingerprint density at radius 3 is 2.44 bits per heavy atom. The van der Waals surface area contributed by atoms with Crippen LogP contribution in [0, 0.1) is 0 Å². The van der Waals surface area contributed by atoms with Gasteiger partial charge in [-0.1, -0.05) is 12.1 Å². The van der Waals surface area contributed by atoms with Crippen LogP contribution in [0.15, 0.2) is 41.1 Å². The molecule has 0 aliphatic heterocycles. The molecule has 0 aliphatic rings. The van der Waals surface area contributed by atoms with Crippen LogP contribution in [0.2, 0.25) is 0 Å². The van der Waals surface area contributed by atoms with Gasteiger partial charge in [0.2, 0.25) is 0 Å². The molecule has 1 aromatic heterocycles. The summed E-state index contributed by atoms with van der Waals surface area (Å²) in [6.45, 7) is 1.98. The average molecular weight is 310 g/mol. The van der Waals surface area contributed by atoms with Gasteiger partial charge in [0.25, 0.3) is 0 Å². The largest absolute Gasteiger partial charge is 0.497 e. The number of rotatable bonds is 4. The van der Waals surface area contributed by atoms with E-state index in [0.29, 0.717) is 0 Å². The fourth-order valence-corrected chi connectivity index (χ4v) is 2.27. The maximum Gasteiger partial charge on any atom is 0.118 e. The van der Waals surface area contributed by atoms with Gasteiger partial charge in [-0.2, -0.15) is 5.10 Å². The SMILES string of the molecule is COc1ccc(C(C(C)N)n2cc(Br)cn2)cc1. The number of nitrogens with zero attached hydrogens (tertiary/aromatic N) is 2. The quantitative estimate of drug-likeness (QED) is 0.944. The minimum absolute atomic E-state index is 0.0159. The summed E-state index contributed by atoms with van der Waals surface area (Å²) in [4.78, 5) is 0. The summed E-state index contributed by atoms with van der Waals surface area (Å²) in [5, 5.41) is 4.31. The number of nitrogens with two attached hydrogens (primary N) is 1. The molecule has 18 heavy (non-hydrogen) atoms.